The summed E-state index contributed by atoms with van der Waals surface area (Å²) in [7, 11) is -1.72. The van der Waals surface area contributed by atoms with Crippen LogP contribution in [0.3, 0.4) is 0 Å². The van der Waals surface area contributed by atoms with Crippen LogP contribution in [-0.2, 0) is 22.6 Å². The van der Waals surface area contributed by atoms with Gasteiger partial charge < -0.3 is 5.73 Å². The van der Waals surface area contributed by atoms with Crippen LogP contribution in [0.1, 0.15) is 5.56 Å². The summed E-state index contributed by atoms with van der Waals surface area (Å²) in [5.74, 6) is -0.110. The fourth-order valence-electron chi connectivity index (χ4n) is 1.62. The summed E-state index contributed by atoms with van der Waals surface area (Å²) in [4.78, 5) is 0.140. The molecule has 2 N–H and O–H groups in total. The highest BCUT2D eigenvalue weighted by Crippen LogP contribution is 2.25. The third-order valence-electron chi connectivity index (χ3n) is 2.43. The molecule has 0 fully saturated rings. The number of hydrogen-bond donors (Lipinski definition) is 1. The number of halogens is 1. The number of anilines is 1. The standard InChI is InChI=1S/C11H12BrN3O2S/c1-15-6-8(5-14-15)7-18(16,17)11-4-9(12)2-3-10(11)13/h2-6H,7,13H2,1H3. The molecule has 96 valence electrons. The molecule has 1 heterocycles. The Bertz CT molecular complexity index is 679. The number of nitrogens with zero attached hydrogens (tertiary/aromatic N) is 2. The van der Waals surface area contributed by atoms with Crippen molar-refractivity contribution in [1.29, 1.82) is 0 Å². The molecule has 0 atom stereocenters. The molecule has 18 heavy (non-hydrogen) atoms. The number of nitrogen functional groups attached to an aromatic ring is 1. The average molecular weight is 330 g/mol. The van der Waals surface area contributed by atoms with Crippen molar-refractivity contribution in [1.82, 2.24) is 9.78 Å². The smallest absolute Gasteiger partial charge is 0.184 e. The molecule has 7 heteroatoms. The summed E-state index contributed by atoms with van der Waals surface area (Å²) in [6, 6.07) is 4.79. The highest BCUT2D eigenvalue weighted by molar-refractivity contribution is 9.10. The first kappa shape index (κ1) is 13.1. The van der Waals surface area contributed by atoms with Gasteiger partial charge in [0.15, 0.2) is 9.84 Å². The van der Waals surface area contributed by atoms with E-state index in [0.717, 1.165) is 0 Å². The molecule has 0 radical (unpaired) electrons. The molecular weight excluding hydrogens is 318 g/mol. The second-order valence-corrected chi connectivity index (χ2v) is 6.84. The van der Waals surface area contributed by atoms with E-state index in [9.17, 15) is 8.42 Å². The quantitative estimate of drug-likeness (QED) is 0.870. The van der Waals surface area contributed by atoms with Crippen molar-refractivity contribution in [2.75, 3.05) is 5.73 Å². The maximum absolute atomic E-state index is 12.2. The van der Waals surface area contributed by atoms with Crippen molar-refractivity contribution in [3.8, 4) is 0 Å². The Morgan fingerprint density at radius 2 is 2.17 bits per heavy atom. The normalized spacial score (nSPS) is 11.7. The zero-order chi connectivity index (χ0) is 13.3. The predicted molar refractivity (Wildman–Crippen MR) is 72.7 cm³/mol. The molecule has 0 amide bonds. The topological polar surface area (TPSA) is 78.0 Å². The lowest BCUT2D eigenvalue weighted by Gasteiger charge is -2.06. The number of aryl methyl sites for hydroxylation is 1. The monoisotopic (exact) mass is 329 g/mol. The molecule has 0 spiro atoms. The van der Waals surface area contributed by atoms with E-state index in [1.165, 1.54) is 12.3 Å². The summed E-state index contributed by atoms with van der Waals surface area (Å²) < 4.78 is 26.7. The minimum Gasteiger partial charge on any atom is -0.398 e. The summed E-state index contributed by atoms with van der Waals surface area (Å²) >= 11 is 3.24. The van der Waals surface area contributed by atoms with Crippen LogP contribution in [0.4, 0.5) is 5.69 Å². The lowest BCUT2D eigenvalue weighted by Crippen LogP contribution is -2.07. The van der Waals surface area contributed by atoms with Crippen LogP contribution in [-0.4, -0.2) is 18.2 Å². The van der Waals surface area contributed by atoms with Crippen LogP contribution in [0.25, 0.3) is 0 Å². The van der Waals surface area contributed by atoms with Crippen LogP contribution in [0, 0.1) is 0 Å². The minimum absolute atomic E-state index is 0.110. The number of nitrogens with two attached hydrogens (primary N) is 1. The van der Waals surface area contributed by atoms with Crippen molar-refractivity contribution < 1.29 is 8.42 Å². The molecular formula is C11H12BrN3O2S. The van der Waals surface area contributed by atoms with Crippen LogP contribution in [0.15, 0.2) is 40.0 Å². The summed E-state index contributed by atoms with van der Waals surface area (Å²) in [5, 5.41) is 3.95. The first-order chi connectivity index (χ1) is 8.38. The number of sulfone groups is 1. The number of aromatic nitrogens is 2. The van der Waals surface area contributed by atoms with Crippen molar-refractivity contribution in [3.63, 3.8) is 0 Å². The van der Waals surface area contributed by atoms with Gasteiger partial charge in [0, 0.05) is 23.3 Å². The molecule has 0 bridgehead atoms. The molecule has 0 aliphatic carbocycles. The first-order valence-electron chi connectivity index (χ1n) is 5.14. The largest absolute Gasteiger partial charge is 0.398 e. The maximum Gasteiger partial charge on any atom is 0.184 e. The van der Waals surface area contributed by atoms with E-state index < -0.39 is 9.84 Å². The van der Waals surface area contributed by atoms with E-state index in [1.807, 2.05) is 0 Å². The Balaban J connectivity index is 2.39. The van der Waals surface area contributed by atoms with Gasteiger partial charge in [0.1, 0.15) is 0 Å². The highest BCUT2D eigenvalue weighted by atomic mass is 79.9. The van der Waals surface area contributed by atoms with Crippen LogP contribution in [0.2, 0.25) is 0 Å². The summed E-state index contributed by atoms with van der Waals surface area (Å²) in [6.07, 6.45) is 3.21. The molecule has 1 aromatic heterocycles. The van der Waals surface area contributed by atoms with Crippen molar-refractivity contribution >= 4 is 31.5 Å². The Labute approximate surface area is 114 Å². The summed E-state index contributed by atoms with van der Waals surface area (Å²) in [5.41, 5.74) is 6.60. The van der Waals surface area contributed by atoms with Crippen LogP contribution >= 0.6 is 15.9 Å². The van der Waals surface area contributed by atoms with Crippen molar-refractivity contribution in [2.45, 2.75) is 10.6 Å². The molecule has 2 rings (SSSR count). The van der Waals surface area contributed by atoms with Gasteiger partial charge >= 0.3 is 0 Å². The van der Waals surface area contributed by atoms with E-state index in [4.69, 9.17) is 5.73 Å². The zero-order valence-corrected chi connectivity index (χ0v) is 12.1. The van der Waals surface area contributed by atoms with Gasteiger partial charge in [-0.05, 0) is 18.2 Å². The third kappa shape index (κ3) is 2.73. The van der Waals surface area contributed by atoms with Gasteiger partial charge in [-0.25, -0.2) is 8.42 Å². The number of benzene rings is 1. The molecule has 1 aromatic carbocycles. The number of rotatable bonds is 3. The highest BCUT2D eigenvalue weighted by Gasteiger charge is 2.19. The molecule has 2 aromatic rings. The Kier molecular flexibility index (Phi) is 3.45. The van der Waals surface area contributed by atoms with Crippen molar-refractivity contribution in [3.05, 3.63) is 40.6 Å². The Morgan fingerprint density at radius 1 is 1.44 bits per heavy atom. The van der Waals surface area contributed by atoms with Crippen LogP contribution in [0.5, 0.6) is 0 Å². The van der Waals surface area contributed by atoms with Gasteiger partial charge in [0.05, 0.1) is 22.5 Å². The van der Waals surface area contributed by atoms with E-state index in [0.29, 0.717) is 10.0 Å². The van der Waals surface area contributed by atoms with Gasteiger partial charge in [-0.1, -0.05) is 15.9 Å². The fourth-order valence-corrected chi connectivity index (χ4v) is 3.61. The average Bonchev–Trinajstić information content (AvgIpc) is 2.66. The third-order valence-corrected chi connectivity index (χ3v) is 4.66. The van der Waals surface area contributed by atoms with Crippen molar-refractivity contribution in [2.24, 2.45) is 7.05 Å². The fraction of sp³-hybridized carbons (Fsp3) is 0.182. The SMILES string of the molecule is Cn1cc(CS(=O)(=O)c2cc(Br)ccc2N)cn1. The Morgan fingerprint density at radius 3 is 2.78 bits per heavy atom. The maximum atomic E-state index is 12.2. The van der Waals surface area contributed by atoms with E-state index in [2.05, 4.69) is 21.0 Å². The second-order valence-electron chi connectivity index (χ2n) is 3.96. The molecule has 0 saturated heterocycles. The van der Waals surface area contributed by atoms with Gasteiger partial charge in [-0.2, -0.15) is 5.10 Å². The molecule has 0 unspecified atom stereocenters. The lowest BCUT2D eigenvalue weighted by molar-refractivity contribution is 0.595. The molecule has 0 saturated carbocycles. The van der Waals surface area contributed by atoms with Crippen LogP contribution < -0.4 is 5.73 Å². The Hall–Kier alpha value is -1.34. The molecule has 0 aliphatic heterocycles. The van der Waals surface area contributed by atoms with Gasteiger partial charge in [-0.15, -0.1) is 0 Å². The van der Waals surface area contributed by atoms with E-state index in [-0.39, 0.29) is 16.3 Å². The minimum atomic E-state index is -3.46. The summed E-state index contributed by atoms with van der Waals surface area (Å²) in [6.45, 7) is 0. The number of hydrogen-bond acceptors (Lipinski definition) is 4. The zero-order valence-electron chi connectivity index (χ0n) is 9.67. The lowest BCUT2D eigenvalue weighted by atomic mass is 10.3. The van der Waals surface area contributed by atoms with Gasteiger partial charge in [0.2, 0.25) is 0 Å². The van der Waals surface area contributed by atoms with Gasteiger partial charge in [0.25, 0.3) is 0 Å². The van der Waals surface area contributed by atoms with Gasteiger partial charge in [-0.3, -0.25) is 4.68 Å². The predicted octanol–water partition coefficient (Wildman–Crippen LogP) is 1.74. The van der Waals surface area contributed by atoms with E-state index >= 15 is 0 Å². The molecule has 0 aliphatic rings. The molecule has 5 nitrogen and oxygen atoms in total. The first-order valence-corrected chi connectivity index (χ1v) is 7.58. The second kappa shape index (κ2) is 4.74. The van der Waals surface area contributed by atoms with E-state index in [1.54, 1.807) is 30.1 Å².